The molecule has 0 spiro atoms. The van der Waals surface area contributed by atoms with Crippen molar-refractivity contribution in [3.05, 3.63) is 69.8 Å². The Labute approximate surface area is 119 Å². The number of nitro groups is 1. The van der Waals surface area contributed by atoms with Gasteiger partial charge < -0.3 is 15.2 Å². The predicted octanol–water partition coefficient (Wildman–Crippen LogP) is 1.21. The zero-order valence-corrected chi connectivity index (χ0v) is 10.6. The zero-order valence-electron chi connectivity index (χ0n) is 10.6. The van der Waals surface area contributed by atoms with Gasteiger partial charge in [0.05, 0.1) is 10.9 Å². The summed E-state index contributed by atoms with van der Waals surface area (Å²) in [4.78, 5) is 32.9. The Morgan fingerprint density at radius 3 is 2.05 bits per heavy atom. The molecule has 0 aliphatic heterocycles. The van der Waals surface area contributed by atoms with Gasteiger partial charge >= 0.3 is 0 Å². The Morgan fingerprint density at radius 2 is 1.52 bits per heavy atom. The smallest absolute Gasteiger partial charge is 0.269 e. The van der Waals surface area contributed by atoms with Crippen LogP contribution in [0.1, 0.15) is 20.7 Å². The summed E-state index contributed by atoms with van der Waals surface area (Å²) in [6.45, 7) is 0. The molecule has 0 aliphatic carbocycles. The quantitative estimate of drug-likeness (QED) is 0.670. The van der Waals surface area contributed by atoms with Crippen LogP contribution in [-0.4, -0.2) is 16.8 Å². The van der Waals surface area contributed by atoms with Crippen LogP contribution in [0, 0.1) is 10.1 Å². The highest BCUT2D eigenvalue weighted by Crippen LogP contribution is 2.17. The van der Waals surface area contributed by atoms with E-state index in [4.69, 9.17) is 0 Å². The highest BCUT2D eigenvalue weighted by Gasteiger charge is 2.12. The van der Waals surface area contributed by atoms with Crippen LogP contribution in [0.3, 0.4) is 0 Å². The van der Waals surface area contributed by atoms with E-state index in [0.717, 1.165) is 0 Å². The van der Waals surface area contributed by atoms with E-state index < -0.39 is 16.8 Å². The normalized spacial score (nSPS) is 9.90. The van der Waals surface area contributed by atoms with Crippen LogP contribution < -0.4 is 10.4 Å². The lowest BCUT2D eigenvalue weighted by molar-refractivity contribution is -0.384. The summed E-state index contributed by atoms with van der Waals surface area (Å²) < 4.78 is 0. The fraction of sp³-hybridized carbons (Fsp3) is 0. The molecular formula is C14H9N2O5-. The van der Waals surface area contributed by atoms with E-state index in [1.165, 1.54) is 48.5 Å². The molecule has 2 aromatic rings. The lowest BCUT2D eigenvalue weighted by Gasteiger charge is -2.10. The van der Waals surface area contributed by atoms with Gasteiger partial charge in [0.2, 0.25) is 0 Å². The van der Waals surface area contributed by atoms with Crippen molar-refractivity contribution in [2.45, 2.75) is 0 Å². The molecule has 0 unspecified atom stereocenters. The number of amides is 1. The van der Waals surface area contributed by atoms with Gasteiger partial charge in [-0.05, 0) is 18.2 Å². The van der Waals surface area contributed by atoms with Crippen molar-refractivity contribution in [1.29, 1.82) is 0 Å². The molecule has 7 nitrogen and oxygen atoms in total. The summed E-state index contributed by atoms with van der Waals surface area (Å²) in [5.41, 5.74) is -0.0605. The van der Waals surface area contributed by atoms with Gasteiger partial charge in [-0.2, -0.15) is 0 Å². The van der Waals surface area contributed by atoms with Crippen LogP contribution in [0.15, 0.2) is 48.5 Å². The summed E-state index contributed by atoms with van der Waals surface area (Å²) in [5, 5.41) is 23.9. The van der Waals surface area contributed by atoms with Gasteiger partial charge in [0.25, 0.3) is 11.6 Å². The van der Waals surface area contributed by atoms with Crippen LogP contribution >= 0.6 is 0 Å². The molecule has 0 heterocycles. The lowest BCUT2D eigenvalue weighted by atomic mass is 10.1. The highest BCUT2D eigenvalue weighted by atomic mass is 16.6. The van der Waals surface area contributed by atoms with Gasteiger partial charge in [-0.15, -0.1) is 0 Å². The van der Waals surface area contributed by atoms with Gasteiger partial charge in [0.15, 0.2) is 0 Å². The number of aromatic carboxylic acids is 1. The first-order chi connectivity index (χ1) is 9.99. The molecule has 2 rings (SSSR count). The lowest BCUT2D eigenvalue weighted by Crippen LogP contribution is -2.26. The molecule has 0 aliphatic rings. The van der Waals surface area contributed by atoms with Crippen molar-refractivity contribution in [3.8, 4) is 0 Å². The van der Waals surface area contributed by atoms with E-state index >= 15 is 0 Å². The average Bonchev–Trinajstić information content (AvgIpc) is 2.47. The first-order valence-corrected chi connectivity index (χ1v) is 5.85. The zero-order chi connectivity index (χ0) is 15.4. The number of rotatable bonds is 4. The molecule has 106 valence electrons. The fourth-order valence-electron chi connectivity index (χ4n) is 1.72. The first-order valence-electron chi connectivity index (χ1n) is 5.85. The molecule has 1 N–H and O–H groups in total. The van der Waals surface area contributed by atoms with E-state index in [2.05, 4.69) is 5.32 Å². The van der Waals surface area contributed by atoms with Crippen molar-refractivity contribution >= 4 is 23.3 Å². The molecular weight excluding hydrogens is 276 g/mol. The summed E-state index contributed by atoms with van der Waals surface area (Å²) in [6.07, 6.45) is 0. The maximum Gasteiger partial charge on any atom is 0.269 e. The second-order valence-corrected chi connectivity index (χ2v) is 4.09. The SMILES string of the molecule is O=C([O-])c1ccccc1C(=O)Nc1ccc([N+](=O)[O-])cc1. The topological polar surface area (TPSA) is 112 Å². The molecule has 0 aromatic heterocycles. The van der Waals surface area contributed by atoms with Crippen LogP contribution in [0.4, 0.5) is 11.4 Å². The Bertz CT molecular complexity index is 710. The van der Waals surface area contributed by atoms with Crippen LogP contribution in [0.5, 0.6) is 0 Å². The number of carbonyl (C=O) groups excluding carboxylic acids is 2. The summed E-state index contributed by atoms with van der Waals surface area (Å²) in [6, 6.07) is 10.8. The minimum atomic E-state index is -1.45. The number of nitro benzene ring substituents is 1. The number of hydrogen-bond donors (Lipinski definition) is 1. The number of nitrogens with zero attached hydrogens (tertiary/aromatic N) is 1. The van der Waals surface area contributed by atoms with Crippen LogP contribution in [0.25, 0.3) is 0 Å². The maximum absolute atomic E-state index is 12.0. The van der Waals surface area contributed by atoms with Crippen molar-refractivity contribution in [3.63, 3.8) is 0 Å². The molecule has 0 bridgehead atoms. The second-order valence-electron chi connectivity index (χ2n) is 4.09. The average molecular weight is 285 g/mol. The summed E-state index contributed by atoms with van der Waals surface area (Å²) in [7, 11) is 0. The molecule has 0 saturated carbocycles. The maximum atomic E-state index is 12.0. The van der Waals surface area contributed by atoms with E-state index in [1.54, 1.807) is 0 Å². The molecule has 0 radical (unpaired) electrons. The van der Waals surface area contributed by atoms with Crippen molar-refractivity contribution in [1.82, 2.24) is 0 Å². The number of carboxylic acid groups (broad SMARTS) is 1. The van der Waals surface area contributed by atoms with Crippen LogP contribution in [-0.2, 0) is 0 Å². The number of hydrogen-bond acceptors (Lipinski definition) is 5. The molecule has 0 saturated heterocycles. The number of non-ortho nitro benzene ring substituents is 1. The Balaban J connectivity index is 2.22. The number of nitrogens with one attached hydrogen (secondary N) is 1. The Kier molecular flexibility index (Phi) is 3.94. The van der Waals surface area contributed by atoms with E-state index in [-0.39, 0.29) is 16.8 Å². The highest BCUT2D eigenvalue weighted by molar-refractivity contribution is 6.10. The predicted molar refractivity (Wildman–Crippen MR) is 71.8 cm³/mol. The summed E-state index contributed by atoms with van der Waals surface area (Å²) >= 11 is 0. The van der Waals surface area contributed by atoms with Gasteiger partial charge in [0.1, 0.15) is 0 Å². The monoisotopic (exact) mass is 285 g/mol. The van der Waals surface area contributed by atoms with E-state index in [9.17, 15) is 24.8 Å². The van der Waals surface area contributed by atoms with Gasteiger partial charge in [-0.25, -0.2) is 0 Å². The minimum absolute atomic E-state index is 0.0455. The van der Waals surface area contributed by atoms with Crippen molar-refractivity contribution < 1.29 is 19.6 Å². The number of anilines is 1. The first kappa shape index (κ1) is 14.2. The van der Waals surface area contributed by atoms with Gasteiger partial charge in [0, 0.05) is 28.9 Å². The third-order valence-corrected chi connectivity index (χ3v) is 2.73. The van der Waals surface area contributed by atoms with E-state index in [0.29, 0.717) is 5.69 Å². The van der Waals surface area contributed by atoms with Crippen molar-refractivity contribution in [2.24, 2.45) is 0 Å². The molecule has 0 fully saturated rings. The van der Waals surface area contributed by atoms with Crippen molar-refractivity contribution in [2.75, 3.05) is 5.32 Å². The van der Waals surface area contributed by atoms with Gasteiger partial charge in [-0.1, -0.05) is 18.2 Å². The number of benzene rings is 2. The fourth-order valence-corrected chi connectivity index (χ4v) is 1.72. The largest absolute Gasteiger partial charge is 0.545 e. The molecule has 0 atom stereocenters. The number of carbonyl (C=O) groups is 2. The molecule has 21 heavy (non-hydrogen) atoms. The number of carboxylic acids is 1. The van der Waals surface area contributed by atoms with Gasteiger partial charge in [-0.3, -0.25) is 14.9 Å². The molecule has 1 amide bonds. The molecule has 2 aromatic carbocycles. The molecule has 7 heteroatoms. The third kappa shape index (κ3) is 3.21. The van der Waals surface area contributed by atoms with Crippen LogP contribution in [0.2, 0.25) is 0 Å². The van der Waals surface area contributed by atoms with E-state index in [1.807, 2.05) is 0 Å². The Hall–Kier alpha value is -3.22. The summed E-state index contributed by atoms with van der Waals surface area (Å²) in [5.74, 6) is -2.09. The second kappa shape index (κ2) is 5.83. The standard InChI is InChI=1S/C14H10N2O5/c17-13(11-3-1-2-4-12(11)14(18)19)15-9-5-7-10(8-6-9)16(20)21/h1-8H,(H,15,17)(H,18,19)/p-1. The Morgan fingerprint density at radius 1 is 0.952 bits per heavy atom. The minimum Gasteiger partial charge on any atom is -0.545 e. The third-order valence-electron chi connectivity index (χ3n) is 2.73.